The summed E-state index contributed by atoms with van der Waals surface area (Å²) in [5.74, 6) is 0. The molecule has 1 fully saturated rings. The van der Waals surface area contributed by atoms with E-state index < -0.39 is 0 Å². The summed E-state index contributed by atoms with van der Waals surface area (Å²) in [7, 11) is 0. The molecule has 118 valence electrons. The summed E-state index contributed by atoms with van der Waals surface area (Å²) >= 11 is 9.83. The van der Waals surface area contributed by atoms with Gasteiger partial charge in [0, 0.05) is 18.8 Å². The van der Waals surface area contributed by atoms with Gasteiger partial charge in [0.25, 0.3) is 0 Å². The minimum atomic E-state index is 0.690. The van der Waals surface area contributed by atoms with Crippen LogP contribution in [0.25, 0.3) is 22.0 Å². The van der Waals surface area contributed by atoms with E-state index in [9.17, 15) is 0 Å². The molecule has 0 amide bonds. The van der Waals surface area contributed by atoms with Crippen LogP contribution in [-0.2, 0) is 4.74 Å². The number of rotatable bonds is 2. The Labute approximate surface area is 147 Å². The van der Waals surface area contributed by atoms with Crippen LogP contribution in [0.3, 0.4) is 0 Å². The van der Waals surface area contributed by atoms with Crippen LogP contribution in [-0.4, -0.2) is 36.5 Å². The monoisotopic (exact) mass is 391 g/mol. The predicted octanol–water partition coefficient (Wildman–Crippen LogP) is 4.48. The summed E-state index contributed by atoms with van der Waals surface area (Å²) in [6, 6.07) is 12.6. The van der Waals surface area contributed by atoms with Crippen molar-refractivity contribution >= 4 is 44.1 Å². The highest BCUT2D eigenvalue weighted by atomic mass is 79.9. The third-order valence-electron chi connectivity index (χ3n) is 4.14. The van der Waals surface area contributed by atoms with Gasteiger partial charge in [-0.1, -0.05) is 23.7 Å². The molecule has 0 unspecified atom stereocenters. The highest BCUT2D eigenvalue weighted by Crippen LogP contribution is 2.34. The second-order valence-corrected chi connectivity index (χ2v) is 6.74. The number of morpholine rings is 1. The van der Waals surface area contributed by atoms with Crippen molar-refractivity contribution in [2.75, 3.05) is 31.2 Å². The van der Waals surface area contributed by atoms with Crippen molar-refractivity contribution in [3.8, 4) is 11.1 Å². The molecule has 0 spiro atoms. The van der Waals surface area contributed by atoms with Gasteiger partial charge < -0.3 is 9.64 Å². The lowest BCUT2D eigenvalue weighted by molar-refractivity contribution is 0.122. The summed E-state index contributed by atoms with van der Waals surface area (Å²) in [6.07, 6.45) is 0. The Morgan fingerprint density at radius 3 is 2.57 bits per heavy atom. The third kappa shape index (κ3) is 2.84. The van der Waals surface area contributed by atoms with E-state index in [0.717, 1.165) is 52.9 Å². The van der Waals surface area contributed by atoms with E-state index in [1.165, 1.54) is 5.69 Å². The minimum absolute atomic E-state index is 0.690. The van der Waals surface area contributed by atoms with Crippen molar-refractivity contribution in [1.82, 2.24) is 10.2 Å². The maximum atomic E-state index is 6.40. The minimum Gasteiger partial charge on any atom is -0.378 e. The van der Waals surface area contributed by atoms with Crippen molar-refractivity contribution in [3.05, 3.63) is 46.0 Å². The number of anilines is 1. The number of H-pyrrole nitrogens is 1. The highest BCUT2D eigenvalue weighted by molar-refractivity contribution is 9.10. The first-order valence-corrected chi connectivity index (χ1v) is 8.66. The van der Waals surface area contributed by atoms with Crippen LogP contribution < -0.4 is 4.90 Å². The molecule has 0 atom stereocenters. The normalized spacial score (nSPS) is 15.3. The van der Waals surface area contributed by atoms with Gasteiger partial charge in [0.15, 0.2) is 0 Å². The summed E-state index contributed by atoms with van der Waals surface area (Å²) in [5.41, 5.74) is 4.28. The van der Waals surface area contributed by atoms with Crippen LogP contribution in [0.2, 0.25) is 5.02 Å². The Balaban J connectivity index is 1.67. The smallest absolute Gasteiger partial charge is 0.110 e. The molecule has 4 nitrogen and oxygen atoms in total. The summed E-state index contributed by atoms with van der Waals surface area (Å²) < 4.78 is 6.21. The molecule has 23 heavy (non-hydrogen) atoms. The van der Waals surface area contributed by atoms with Gasteiger partial charge in [-0.2, -0.15) is 5.10 Å². The molecule has 0 radical (unpaired) electrons. The number of benzene rings is 2. The molecular formula is C17H15BrClN3O. The molecule has 1 aliphatic heterocycles. The van der Waals surface area contributed by atoms with Crippen LogP contribution in [0.15, 0.2) is 41.0 Å². The molecule has 6 heteroatoms. The van der Waals surface area contributed by atoms with Crippen molar-refractivity contribution in [3.63, 3.8) is 0 Å². The van der Waals surface area contributed by atoms with Crippen LogP contribution >= 0.6 is 27.5 Å². The van der Waals surface area contributed by atoms with Gasteiger partial charge in [-0.25, -0.2) is 0 Å². The Bertz CT molecular complexity index is 841. The van der Waals surface area contributed by atoms with Crippen LogP contribution in [0.4, 0.5) is 5.69 Å². The molecule has 4 rings (SSSR count). The summed E-state index contributed by atoms with van der Waals surface area (Å²) in [6.45, 7) is 3.47. The van der Waals surface area contributed by atoms with Gasteiger partial charge in [-0.3, -0.25) is 5.10 Å². The fourth-order valence-corrected chi connectivity index (χ4v) is 3.84. The Kier molecular flexibility index (Phi) is 4.01. The van der Waals surface area contributed by atoms with Crippen molar-refractivity contribution in [2.45, 2.75) is 0 Å². The van der Waals surface area contributed by atoms with Gasteiger partial charge in [0.2, 0.25) is 0 Å². The van der Waals surface area contributed by atoms with Gasteiger partial charge in [0.1, 0.15) is 4.60 Å². The molecule has 3 aromatic rings. The number of nitrogens with one attached hydrogen (secondary N) is 1. The number of aromatic amines is 1. The molecular weight excluding hydrogens is 378 g/mol. The number of nitrogens with zero attached hydrogens (tertiary/aromatic N) is 2. The Morgan fingerprint density at radius 2 is 1.83 bits per heavy atom. The fourth-order valence-electron chi connectivity index (χ4n) is 2.92. The molecule has 1 aliphatic rings. The summed E-state index contributed by atoms with van der Waals surface area (Å²) in [4.78, 5) is 2.34. The third-order valence-corrected chi connectivity index (χ3v) is 5.01. The molecule has 1 saturated heterocycles. The van der Waals surface area contributed by atoms with E-state index in [-0.39, 0.29) is 0 Å². The van der Waals surface area contributed by atoms with Crippen LogP contribution in [0.5, 0.6) is 0 Å². The lowest BCUT2D eigenvalue weighted by Crippen LogP contribution is -2.36. The zero-order chi connectivity index (χ0) is 15.8. The molecule has 2 aromatic carbocycles. The van der Waals surface area contributed by atoms with E-state index in [1.807, 2.05) is 12.1 Å². The molecule has 1 aromatic heterocycles. The van der Waals surface area contributed by atoms with Crippen LogP contribution in [0, 0.1) is 0 Å². The molecule has 0 bridgehead atoms. The zero-order valence-corrected chi connectivity index (χ0v) is 14.7. The molecule has 1 N–H and O–H groups in total. The van der Waals surface area contributed by atoms with E-state index in [1.54, 1.807) is 0 Å². The summed E-state index contributed by atoms with van der Waals surface area (Å²) in [5, 5.41) is 8.80. The number of hydrogen-bond acceptors (Lipinski definition) is 3. The SMILES string of the molecule is Clc1cc(-c2ccc(N3CCOCC3)cc2)cc2n[nH]c(Br)c12. The Hall–Kier alpha value is -1.56. The zero-order valence-electron chi connectivity index (χ0n) is 12.4. The number of fused-ring (bicyclic) bond motifs is 1. The second kappa shape index (κ2) is 6.15. The Morgan fingerprint density at radius 1 is 1.09 bits per heavy atom. The predicted molar refractivity (Wildman–Crippen MR) is 97.3 cm³/mol. The van der Waals surface area contributed by atoms with Gasteiger partial charge >= 0.3 is 0 Å². The first kappa shape index (κ1) is 15.0. The maximum absolute atomic E-state index is 6.40. The topological polar surface area (TPSA) is 41.1 Å². The standard InChI is InChI=1S/C17H15BrClN3O/c18-17-16-14(19)9-12(10-15(16)20-21-17)11-1-3-13(4-2-11)22-5-7-23-8-6-22/h1-4,9-10H,5-8H2,(H,20,21). The van der Waals surface area contributed by atoms with Crippen molar-refractivity contribution < 1.29 is 4.74 Å². The fraction of sp³-hybridized carbons (Fsp3) is 0.235. The first-order chi connectivity index (χ1) is 11.2. The van der Waals surface area contributed by atoms with E-state index in [4.69, 9.17) is 16.3 Å². The molecule has 0 aliphatic carbocycles. The largest absolute Gasteiger partial charge is 0.378 e. The lowest BCUT2D eigenvalue weighted by Gasteiger charge is -2.28. The number of hydrogen-bond donors (Lipinski definition) is 1. The van der Waals surface area contributed by atoms with Gasteiger partial charge in [-0.05, 0) is 51.3 Å². The van der Waals surface area contributed by atoms with Crippen molar-refractivity contribution in [1.29, 1.82) is 0 Å². The van der Waals surface area contributed by atoms with E-state index >= 15 is 0 Å². The second-order valence-electron chi connectivity index (χ2n) is 5.54. The molecule has 2 heterocycles. The number of aromatic nitrogens is 2. The molecule has 0 saturated carbocycles. The van der Waals surface area contributed by atoms with Crippen LogP contribution in [0.1, 0.15) is 0 Å². The van der Waals surface area contributed by atoms with Crippen molar-refractivity contribution in [2.24, 2.45) is 0 Å². The highest BCUT2D eigenvalue weighted by Gasteiger charge is 2.13. The first-order valence-electron chi connectivity index (χ1n) is 7.48. The van der Waals surface area contributed by atoms with Gasteiger partial charge in [-0.15, -0.1) is 0 Å². The average Bonchev–Trinajstić information content (AvgIpc) is 2.97. The average molecular weight is 393 g/mol. The number of halogens is 2. The quantitative estimate of drug-likeness (QED) is 0.699. The lowest BCUT2D eigenvalue weighted by atomic mass is 10.0. The number of ether oxygens (including phenoxy) is 1. The van der Waals surface area contributed by atoms with Gasteiger partial charge in [0.05, 0.1) is 29.1 Å². The van der Waals surface area contributed by atoms with E-state index in [2.05, 4.69) is 55.3 Å². The van der Waals surface area contributed by atoms with E-state index in [0.29, 0.717) is 5.02 Å². The maximum Gasteiger partial charge on any atom is 0.110 e.